The lowest BCUT2D eigenvalue weighted by molar-refractivity contribution is -0.142. The molecule has 0 saturated carbocycles. The monoisotopic (exact) mass is 401 g/mol. The first-order valence-corrected chi connectivity index (χ1v) is 8.30. The van der Waals surface area contributed by atoms with E-state index in [2.05, 4.69) is 5.32 Å². The minimum Gasteiger partial charge on any atom is -0.480 e. The summed E-state index contributed by atoms with van der Waals surface area (Å²) in [7, 11) is 0. The number of carbonyl (C=O) groups excluding carboxylic acids is 2. The van der Waals surface area contributed by atoms with Crippen molar-refractivity contribution in [3.8, 4) is 5.75 Å². The summed E-state index contributed by atoms with van der Waals surface area (Å²) < 4.78 is 10.5. The van der Waals surface area contributed by atoms with E-state index in [9.17, 15) is 14.4 Å². The third kappa shape index (κ3) is 5.78. The van der Waals surface area contributed by atoms with E-state index in [1.54, 1.807) is 0 Å². The summed E-state index contributed by atoms with van der Waals surface area (Å²) in [4.78, 5) is 35.0. The lowest BCUT2D eigenvalue weighted by Gasteiger charge is -2.11. The van der Waals surface area contributed by atoms with Crippen LogP contribution >= 0.6 is 0 Å². The molecular weight excluding hydrogens is 382 g/mol. The van der Waals surface area contributed by atoms with Crippen LogP contribution < -0.4 is 15.8 Å². The number of carbonyl (C=O) groups is 3. The molecule has 10 heteroatoms. The highest BCUT2D eigenvalue weighted by molar-refractivity contribution is 5.99. The Hall–Kier alpha value is -3.92. The molecule has 0 aliphatic rings. The molecule has 0 spiro atoms. The number of esters is 1. The third-order valence-electron chi connectivity index (χ3n) is 3.71. The van der Waals surface area contributed by atoms with Crippen molar-refractivity contribution in [3.63, 3.8) is 0 Å². The fourth-order valence-corrected chi connectivity index (χ4v) is 2.14. The Labute approximate surface area is 165 Å². The largest absolute Gasteiger partial charge is 0.480 e. The summed E-state index contributed by atoms with van der Waals surface area (Å²) in [6.07, 6.45) is 1.31. The maximum absolute atomic E-state index is 12.1. The topological polar surface area (TPSA) is 176 Å². The zero-order valence-corrected chi connectivity index (χ0v) is 15.3. The van der Waals surface area contributed by atoms with Crippen molar-refractivity contribution in [1.29, 1.82) is 5.41 Å². The van der Waals surface area contributed by atoms with Gasteiger partial charge in [-0.2, -0.15) is 0 Å². The van der Waals surface area contributed by atoms with Gasteiger partial charge in [0.15, 0.2) is 6.04 Å². The number of carboxylic acids is 1. The van der Waals surface area contributed by atoms with Gasteiger partial charge in [0.1, 0.15) is 17.3 Å². The molecule has 29 heavy (non-hydrogen) atoms. The predicted molar refractivity (Wildman–Crippen MR) is 101 cm³/mol. The minimum absolute atomic E-state index is 0.110. The van der Waals surface area contributed by atoms with E-state index in [4.69, 9.17) is 30.5 Å². The molecule has 0 aliphatic heterocycles. The normalized spacial score (nSPS) is 12.1. The van der Waals surface area contributed by atoms with Gasteiger partial charge in [0.05, 0.1) is 6.61 Å². The summed E-state index contributed by atoms with van der Waals surface area (Å²) >= 11 is 0. The third-order valence-corrected chi connectivity index (χ3v) is 3.71. The Kier molecular flexibility index (Phi) is 6.88. The number of rotatable bonds is 8. The zero-order valence-electron chi connectivity index (χ0n) is 15.3. The Morgan fingerprint density at radius 1 is 1.24 bits per heavy atom. The van der Waals surface area contributed by atoms with Gasteiger partial charge in [0, 0.05) is 11.1 Å². The summed E-state index contributed by atoms with van der Waals surface area (Å²) in [5.41, 5.74) is 5.95. The molecule has 1 amide bonds. The van der Waals surface area contributed by atoms with E-state index in [-0.39, 0.29) is 28.7 Å². The highest BCUT2D eigenvalue weighted by atomic mass is 16.5. The number of amidine groups is 1. The smallest absolute Gasteiger partial charge is 0.379 e. The Morgan fingerprint density at radius 2 is 1.90 bits per heavy atom. The van der Waals surface area contributed by atoms with Gasteiger partial charge >= 0.3 is 11.9 Å². The maximum atomic E-state index is 12.1. The highest BCUT2D eigenvalue weighted by Gasteiger charge is 2.20. The minimum atomic E-state index is -1.43. The van der Waals surface area contributed by atoms with Crippen LogP contribution in [0.1, 0.15) is 28.8 Å². The number of nitrogens with one attached hydrogen (secondary N) is 2. The molecule has 1 heterocycles. The van der Waals surface area contributed by atoms with Gasteiger partial charge < -0.3 is 30.4 Å². The van der Waals surface area contributed by atoms with Gasteiger partial charge in [-0.15, -0.1) is 0 Å². The molecule has 0 aliphatic carbocycles. The number of aliphatic hydroxyl groups is 1. The number of furan rings is 1. The number of aliphatic hydroxyl groups excluding tert-OH is 1. The van der Waals surface area contributed by atoms with Gasteiger partial charge in [-0.05, 0) is 49.4 Å². The molecule has 0 radical (unpaired) electrons. The first kappa shape index (κ1) is 21.4. The van der Waals surface area contributed by atoms with Crippen molar-refractivity contribution in [2.45, 2.75) is 13.0 Å². The second-order valence-electron chi connectivity index (χ2n) is 5.90. The van der Waals surface area contributed by atoms with Crippen molar-refractivity contribution in [2.75, 3.05) is 6.61 Å². The first-order valence-electron chi connectivity index (χ1n) is 8.30. The summed E-state index contributed by atoms with van der Waals surface area (Å²) in [5.74, 6) is -2.67. The van der Waals surface area contributed by atoms with E-state index in [1.807, 2.05) is 0 Å². The van der Waals surface area contributed by atoms with Crippen LogP contribution in [0.5, 0.6) is 5.75 Å². The molecule has 1 atom stereocenters. The molecule has 2 rings (SSSR count). The number of nitrogens with two attached hydrogens (primary N) is 1. The van der Waals surface area contributed by atoms with Crippen LogP contribution in [0.3, 0.4) is 0 Å². The number of hydrogen-bond acceptors (Lipinski definition) is 7. The SMILES string of the molecule is C/C(=C\c1ccc(C(=O)Oc2ccc(C(=N)N)cc2)o1)C(=O)N[C@@H](CO)C(=O)O. The lowest BCUT2D eigenvalue weighted by atomic mass is 10.2. The molecule has 0 saturated heterocycles. The molecule has 0 bridgehead atoms. The van der Waals surface area contributed by atoms with Crippen LogP contribution in [-0.4, -0.2) is 46.5 Å². The summed E-state index contributed by atoms with van der Waals surface area (Å²) in [6, 6.07) is 7.38. The maximum Gasteiger partial charge on any atom is 0.379 e. The van der Waals surface area contributed by atoms with E-state index >= 15 is 0 Å². The van der Waals surface area contributed by atoms with Gasteiger partial charge in [-0.1, -0.05) is 0 Å². The average Bonchev–Trinajstić information content (AvgIpc) is 3.14. The molecule has 152 valence electrons. The van der Waals surface area contributed by atoms with Crippen molar-refractivity contribution in [2.24, 2.45) is 5.73 Å². The molecule has 1 aromatic heterocycles. The lowest BCUT2D eigenvalue weighted by Crippen LogP contribution is -2.43. The fourth-order valence-electron chi connectivity index (χ4n) is 2.14. The van der Waals surface area contributed by atoms with Crippen LogP contribution in [-0.2, 0) is 9.59 Å². The van der Waals surface area contributed by atoms with E-state index in [0.717, 1.165) is 0 Å². The average molecular weight is 401 g/mol. The van der Waals surface area contributed by atoms with E-state index < -0.39 is 30.5 Å². The van der Waals surface area contributed by atoms with Crippen LogP contribution in [0, 0.1) is 5.41 Å². The highest BCUT2D eigenvalue weighted by Crippen LogP contribution is 2.17. The quantitative estimate of drug-likeness (QED) is 0.141. The number of hydrogen-bond donors (Lipinski definition) is 5. The molecular formula is C19H19N3O7. The van der Waals surface area contributed by atoms with Crippen molar-refractivity contribution >= 4 is 29.8 Å². The summed E-state index contributed by atoms with van der Waals surface area (Å²) in [6.45, 7) is 0.668. The molecule has 1 aromatic carbocycles. The number of nitrogen functional groups attached to an aromatic ring is 1. The number of benzene rings is 1. The summed E-state index contributed by atoms with van der Waals surface area (Å²) in [5, 5.41) is 27.3. The van der Waals surface area contributed by atoms with Gasteiger partial charge in [-0.3, -0.25) is 10.2 Å². The molecule has 0 fully saturated rings. The van der Waals surface area contributed by atoms with Crippen molar-refractivity contribution < 1.29 is 33.8 Å². The van der Waals surface area contributed by atoms with Gasteiger partial charge in [0.2, 0.25) is 11.7 Å². The van der Waals surface area contributed by atoms with Crippen molar-refractivity contribution in [1.82, 2.24) is 5.32 Å². The fraction of sp³-hybridized carbons (Fsp3) is 0.158. The molecule has 2 aromatic rings. The van der Waals surface area contributed by atoms with Gasteiger partial charge in [-0.25, -0.2) is 9.59 Å². The molecule has 0 unspecified atom stereocenters. The number of aliphatic carboxylic acids is 1. The van der Waals surface area contributed by atoms with E-state index in [1.165, 1.54) is 49.4 Å². The van der Waals surface area contributed by atoms with Crippen LogP contribution in [0.15, 0.2) is 46.4 Å². The number of amides is 1. The standard InChI is InChI=1S/C19H19N3O7/c1-10(17(24)22-14(9-23)18(25)26)8-13-6-7-15(28-13)19(27)29-12-4-2-11(3-5-12)16(20)21/h2-8,14,23H,9H2,1H3,(H3,20,21)(H,22,24)(H,25,26)/b10-8+/t14-/m0/s1. The van der Waals surface area contributed by atoms with E-state index in [0.29, 0.717) is 5.56 Å². The molecule has 6 N–H and O–H groups in total. The van der Waals surface area contributed by atoms with Crippen LogP contribution in [0.2, 0.25) is 0 Å². The number of ether oxygens (including phenoxy) is 1. The number of carboxylic acid groups (broad SMARTS) is 1. The van der Waals surface area contributed by atoms with Crippen LogP contribution in [0.4, 0.5) is 0 Å². The Bertz CT molecular complexity index is 960. The Balaban J connectivity index is 2.04. The predicted octanol–water partition coefficient (Wildman–Crippen LogP) is 0.748. The molecule has 10 nitrogen and oxygen atoms in total. The van der Waals surface area contributed by atoms with Crippen LogP contribution in [0.25, 0.3) is 6.08 Å². The second-order valence-corrected chi connectivity index (χ2v) is 5.90. The van der Waals surface area contributed by atoms with Gasteiger partial charge in [0.25, 0.3) is 0 Å². The Morgan fingerprint density at radius 3 is 2.45 bits per heavy atom. The zero-order chi connectivity index (χ0) is 21.6. The first-order chi connectivity index (χ1) is 13.7. The van der Waals surface area contributed by atoms with Crippen molar-refractivity contribution in [3.05, 3.63) is 59.1 Å². The second kappa shape index (κ2) is 9.33.